The molecule has 0 bridgehead atoms. The van der Waals surface area contributed by atoms with E-state index in [0.717, 1.165) is 11.3 Å². The lowest BCUT2D eigenvalue weighted by Crippen LogP contribution is -2.08. The summed E-state index contributed by atoms with van der Waals surface area (Å²) in [4.78, 5) is 20.0. The van der Waals surface area contributed by atoms with Crippen LogP contribution < -0.4 is 0 Å². The first-order valence-electron chi connectivity index (χ1n) is 5.63. The summed E-state index contributed by atoms with van der Waals surface area (Å²) < 4.78 is 13.1. The summed E-state index contributed by atoms with van der Waals surface area (Å²) in [6.45, 7) is 3.65. The van der Waals surface area contributed by atoms with E-state index in [9.17, 15) is 9.18 Å². The van der Waals surface area contributed by atoms with Crippen LogP contribution >= 0.6 is 0 Å². The molecule has 0 aliphatic rings. The minimum Gasteiger partial charge on any atom is -0.292 e. The van der Waals surface area contributed by atoms with E-state index in [1.807, 2.05) is 6.92 Å². The summed E-state index contributed by atoms with van der Waals surface area (Å²) in [7, 11) is 0. The predicted molar refractivity (Wildman–Crippen MR) is 65.9 cm³/mol. The molecule has 0 saturated carbocycles. The van der Waals surface area contributed by atoms with Crippen molar-refractivity contribution in [2.75, 3.05) is 0 Å². The average molecular weight is 244 g/mol. The van der Waals surface area contributed by atoms with Gasteiger partial charge in [-0.25, -0.2) is 9.37 Å². The quantitative estimate of drug-likeness (QED) is 0.779. The van der Waals surface area contributed by atoms with E-state index in [-0.39, 0.29) is 18.0 Å². The second-order valence-corrected chi connectivity index (χ2v) is 4.21. The lowest BCUT2D eigenvalue weighted by Gasteiger charge is -2.05. The molecule has 92 valence electrons. The number of aromatic nitrogens is 2. The molecule has 0 amide bonds. The van der Waals surface area contributed by atoms with Crippen molar-refractivity contribution in [3.63, 3.8) is 0 Å². The zero-order valence-electron chi connectivity index (χ0n) is 10.3. The van der Waals surface area contributed by atoms with Crippen LogP contribution in [-0.2, 0) is 6.42 Å². The number of aryl methyl sites for hydroxylation is 2. The molecule has 0 spiro atoms. The third-order valence-corrected chi connectivity index (χ3v) is 2.73. The molecular weight excluding hydrogens is 231 g/mol. The van der Waals surface area contributed by atoms with Crippen molar-refractivity contribution in [2.45, 2.75) is 20.3 Å². The average Bonchev–Trinajstić information content (AvgIpc) is 2.34. The number of carbonyl (C=O) groups excluding carboxylic acids is 1. The second kappa shape index (κ2) is 5.04. The highest BCUT2D eigenvalue weighted by Crippen LogP contribution is 2.13. The highest BCUT2D eigenvalue weighted by Gasteiger charge is 2.11. The smallest absolute Gasteiger partial charge is 0.187 e. The highest BCUT2D eigenvalue weighted by atomic mass is 19.1. The van der Waals surface area contributed by atoms with Gasteiger partial charge in [0.2, 0.25) is 0 Å². The van der Waals surface area contributed by atoms with Gasteiger partial charge in [0.05, 0.1) is 11.9 Å². The number of hydrogen-bond donors (Lipinski definition) is 0. The van der Waals surface area contributed by atoms with Gasteiger partial charge in [-0.2, -0.15) is 0 Å². The van der Waals surface area contributed by atoms with Crippen molar-refractivity contribution in [1.29, 1.82) is 0 Å². The highest BCUT2D eigenvalue weighted by molar-refractivity contribution is 5.95. The van der Waals surface area contributed by atoms with Gasteiger partial charge in [-0.15, -0.1) is 0 Å². The van der Waals surface area contributed by atoms with Gasteiger partial charge in [0.1, 0.15) is 11.5 Å². The topological polar surface area (TPSA) is 42.9 Å². The van der Waals surface area contributed by atoms with Crippen LogP contribution in [0.2, 0.25) is 0 Å². The largest absolute Gasteiger partial charge is 0.292 e. The number of hydrogen-bond acceptors (Lipinski definition) is 3. The molecule has 1 aromatic carbocycles. The Bertz CT molecular complexity index is 579. The number of benzene rings is 1. The minimum atomic E-state index is -0.335. The number of Topliss-reactive ketones (excluding diaryl/α,β-unsaturated/α-hetero) is 1. The van der Waals surface area contributed by atoms with Gasteiger partial charge in [-0.1, -0.05) is 6.07 Å². The van der Waals surface area contributed by atoms with Gasteiger partial charge in [-0.05, 0) is 37.1 Å². The van der Waals surface area contributed by atoms with Gasteiger partial charge in [0.25, 0.3) is 0 Å². The van der Waals surface area contributed by atoms with Crippen molar-refractivity contribution >= 4 is 5.78 Å². The van der Waals surface area contributed by atoms with Gasteiger partial charge >= 0.3 is 0 Å². The van der Waals surface area contributed by atoms with Gasteiger partial charge < -0.3 is 0 Å². The van der Waals surface area contributed by atoms with Gasteiger partial charge in [-0.3, -0.25) is 9.78 Å². The lowest BCUT2D eigenvalue weighted by atomic mass is 10.0. The van der Waals surface area contributed by atoms with E-state index in [1.54, 1.807) is 19.2 Å². The Labute approximate surface area is 105 Å². The van der Waals surface area contributed by atoms with Gasteiger partial charge in [0.15, 0.2) is 5.78 Å². The van der Waals surface area contributed by atoms with Crippen molar-refractivity contribution in [3.8, 4) is 0 Å². The Morgan fingerprint density at radius 3 is 2.67 bits per heavy atom. The lowest BCUT2D eigenvalue weighted by molar-refractivity contribution is 0.0987. The summed E-state index contributed by atoms with van der Waals surface area (Å²) in [6.07, 6.45) is 3.14. The van der Waals surface area contributed by atoms with Crippen LogP contribution in [0.5, 0.6) is 0 Å². The van der Waals surface area contributed by atoms with Crippen molar-refractivity contribution in [1.82, 2.24) is 9.97 Å². The molecule has 1 aromatic heterocycles. The Balaban J connectivity index is 2.21. The SMILES string of the molecule is Cc1cnc(C(=O)Cc2cc(F)ccc2C)cn1. The number of ketones is 1. The molecule has 2 aromatic rings. The standard InChI is InChI=1S/C14H13FN2O/c1-9-3-4-12(15)5-11(9)6-14(18)13-8-16-10(2)7-17-13/h3-5,7-8H,6H2,1-2H3. The molecule has 0 unspecified atom stereocenters. The molecule has 0 fully saturated rings. The van der Waals surface area contributed by atoms with Crippen molar-refractivity contribution in [2.24, 2.45) is 0 Å². The van der Waals surface area contributed by atoms with Crippen LogP contribution in [0.4, 0.5) is 4.39 Å². The maximum absolute atomic E-state index is 13.1. The van der Waals surface area contributed by atoms with Crippen molar-refractivity contribution in [3.05, 3.63) is 58.9 Å². The molecule has 0 aliphatic carbocycles. The van der Waals surface area contributed by atoms with Crippen LogP contribution in [-0.4, -0.2) is 15.8 Å². The molecule has 1 heterocycles. The maximum Gasteiger partial charge on any atom is 0.187 e. The zero-order valence-corrected chi connectivity index (χ0v) is 10.3. The second-order valence-electron chi connectivity index (χ2n) is 4.21. The van der Waals surface area contributed by atoms with E-state index < -0.39 is 0 Å². The van der Waals surface area contributed by atoms with Gasteiger partial charge in [0, 0.05) is 12.6 Å². The van der Waals surface area contributed by atoms with Crippen LogP contribution in [0.15, 0.2) is 30.6 Å². The normalized spacial score (nSPS) is 10.4. The maximum atomic E-state index is 13.1. The summed E-state index contributed by atoms with van der Waals surface area (Å²) in [5.74, 6) is -0.491. The zero-order chi connectivity index (χ0) is 13.1. The Morgan fingerprint density at radius 2 is 2.00 bits per heavy atom. The third kappa shape index (κ3) is 2.77. The van der Waals surface area contributed by atoms with E-state index in [2.05, 4.69) is 9.97 Å². The molecule has 2 rings (SSSR count). The molecule has 18 heavy (non-hydrogen) atoms. The number of nitrogens with zero attached hydrogens (tertiary/aromatic N) is 2. The first kappa shape index (κ1) is 12.4. The van der Waals surface area contributed by atoms with Crippen LogP contribution in [0.3, 0.4) is 0 Å². The van der Waals surface area contributed by atoms with Crippen LogP contribution in [0, 0.1) is 19.7 Å². The number of halogens is 1. The molecule has 0 radical (unpaired) electrons. The first-order chi connectivity index (χ1) is 8.56. The molecule has 0 aliphatic heterocycles. The molecular formula is C14H13FN2O. The van der Waals surface area contributed by atoms with E-state index >= 15 is 0 Å². The summed E-state index contributed by atoms with van der Waals surface area (Å²) in [5.41, 5.74) is 2.64. The number of carbonyl (C=O) groups is 1. The van der Waals surface area contributed by atoms with E-state index in [0.29, 0.717) is 11.3 Å². The Hall–Kier alpha value is -2.10. The predicted octanol–water partition coefficient (Wildman–Crippen LogP) is 2.66. The van der Waals surface area contributed by atoms with E-state index in [1.165, 1.54) is 18.3 Å². The van der Waals surface area contributed by atoms with E-state index in [4.69, 9.17) is 0 Å². The monoisotopic (exact) mass is 244 g/mol. The Kier molecular flexibility index (Phi) is 3.46. The molecule has 0 N–H and O–H groups in total. The Morgan fingerprint density at radius 1 is 1.22 bits per heavy atom. The molecule has 0 atom stereocenters. The fourth-order valence-electron chi connectivity index (χ4n) is 1.63. The van der Waals surface area contributed by atoms with Crippen LogP contribution in [0.1, 0.15) is 27.3 Å². The fourth-order valence-corrected chi connectivity index (χ4v) is 1.63. The first-order valence-corrected chi connectivity index (χ1v) is 5.63. The molecule has 4 heteroatoms. The minimum absolute atomic E-state index is 0.140. The fraction of sp³-hybridized carbons (Fsp3) is 0.214. The molecule has 3 nitrogen and oxygen atoms in total. The summed E-state index contributed by atoms with van der Waals surface area (Å²) in [6, 6.07) is 4.43. The number of rotatable bonds is 3. The van der Waals surface area contributed by atoms with Crippen molar-refractivity contribution < 1.29 is 9.18 Å². The summed E-state index contributed by atoms with van der Waals surface area (Å²) >= 11 is 0. The summed E-state index contributed by atoms with van der Waals surface area (Å²) in [5, 5.41) is 0. The third-order valence-electron chi connectivity index (χ3n) is 2.73. The van der Waals surface area contributed by atoms with Crippen LogP contribution in [0.25, 0.3) is 0 Å². The molecule has 0 saturated heterocycles.